The van der Waals surface area contributed by atoms with Crippen LogP contribution in [0.3, 0.4) is 0 Å². The zero-order chi connectivity index (χ0) is 22.3. The molecule has 0 saturated heterocycles. The summed E-state index contributed by atoms with van der Waals surface area (Å²) in [4.78, 5) is 12.2. The molecule has 0 unspecified atom stereocenters. The summed E-state index contributed by atoms with van der Waals surface area (Å²) < 4.78 is 82.6. The number of benzene rings is 1. The van der Waals surface area contributed by atoms with Crippen molar-refractivity contribution in [2.24, 2.45) is 0 Å². The fourth-order valence-electron chi connectivity index (χ4n) is 2.41. The van der Waals surface area contributed by atoms with Crippen molar-refractivity contribution >= 4 is 34.8 Å². The average molecular weight is 472 g/mol. The van der Waals surface area contributed by atoms with Crippen molar-refractivity contribution in [1.29, 1.82) is 0 Å². The minimum atomic E-state index is -5.07. The van der Waals surface area contributed by atoms with Crippen LogP contribution in [0.2, 0.25) is 10.0 Å². The molecule has 30 heavy (non-hydrogen) atoms. The first kappa shape index (κ1) is 22.0. The van der Waals surface area contributed by atoms with Crippen LogP contribution in [-0.4, -0.2) is 15.7 Å². The van der Waals surface area contributed by atoms with Gasteiger partial charge in [0.2, 0.25) is 0 Å². The van der Waals surface area contributed by atoms with E-state index in [4.69, 9.17) is 27.6 Å². The van der Waals surface area contributed by atoms with Gasteiger partial charge < -0.3 is 9.73 Å². The van der Waals surface area contributed by atoms with Gasteiger partial charge in [-0.2, -0.15) is 31.4 Å². The molecule has 0 aliphatic rings. The second-order valence-corrected chi connectivity index (χ2v) is 6.76. The Kier molecular flexibility index (Phi) is 5.79. The van der Waals surface area contributed by atoms with Gasteiger partial charge in [-0.25, -0.2) is 0 Å². The van der Waals surface area contributed by atoms with E-state index in [0.29, 0.717) is 5.02 Å². The monoisotopic (exact) mass is 471 g/mol. The molecule has 0 aliphatic heterocycles. The molecule has 3 aromatic rings. The summed E-state index contributed by atoms with van der Waals surface area (Å²) in [6, 6.07) is 6.46. The number of rotatable bonds is 4. The molecule has 5 nitrogen and oxygen atoms in total. The molecule has 0 atom stereocenters. The molecular formula is C17H9Cl2F6N3O2. The lowest BCUT2D eigenvalue weighted by Crippen LogP contribution is -2.15. The topological polar surface area (TPSA) is 60.1 Å². The normalized spacial score (nSPS) is 12.3. The van der Waals surface area contributed by atoms with Crippen LogP contribution in [0.25, 0.3) is 0 Å². The van der Waals surface area contributed by atoms with Gasteiger partial charge in [0, 0.05) is 11.1 Å². The second-order valence-electron chi connectivity index (χ2n) is 5.91. The van der Waals surface area contributed by atoms with Gasteiger partial charge in [-0.15, -0.1) is 0 Å². The van der Waals surface area contributed by atoms with Gasteiger partial charge in [0.1, 0.15) is 11.5 Å². The molecule has 0 bridgehead atoms. The summed E-state index contributed by atoms with van der Waals surface area (Å²) in [7, 11) is 0. The van der Waals surface area contributed by atoms with Crippen molar-refractivity contribution in [2.45, 2.75) is 18.9 Å². The third-order valence-corrected chi connectivity index (χ3v) is 4.28. The third-order valence-electron chi connectivity index (χ3n) is 3.73. The molecule has 2 heterocycles. The summed E-state index contributed by atoms with van der Waals surface area (Å²) in [5.41, 5.74) is -3.10. The van der Waals surface area contributed by atoms with E-state index in [1.165, 1.54) is 18.2 Å². The Bertz CT molecular complexity index is 1090. The Morgan fingerprint density at radius 1 is 1.03 bits per heavy atom. The van der Waals surface area contributed by atoms with Crippen LogP contribution >= 0.6 is 23.2 Å². The Labute approximate surface area is 174 Å². The van der Waals surface area contributed by atoms with Crippen LogP contribution in [0.4, 0.5) is 32.0 Å². The van der Waals surface area contributed by atoms with Crippen LogP contribution in [0.15, 0.2) is 40.8 Å². The van der Waals surface area contributed by atoms with Crippen molar-refractivity contribution in [3.05, 3.63) is 69.4 Å². The van der Waals surface area contributed by atoms with Crippen LogP contribution in [-0.2, 0) is 18.9 Å². The first-order chi connectivity index (χ1) is 13.8. The zero-order valence-electron chi connectivity index (χ0n) is 14.4. The van der Waals surface area contributed by atoms with E-state index in [-0.39, 0.29) is 33.0 Å². The van der Waals surface area contributed by atoms with Crippen molar-refractivity contribution in [2.75, 3.05) is 5.32 Å². The highest BCUT2D eigenvalue weighted by molar-refractivity contribution is 6.36. The van der Waals surface area contributed by atoms with Gasteiger partial charge in [-0.05, 0) is 30.3 Å². The van der Waals surface area contributed by atoms with Gasteiger partial charge in [-0.1, -0.05) is 23.2 Å². The summed E-state index contributed by atoms with van der Waals surface area (Å²) in [6.45, 7) is -0.778. The van der Waals surface area contributed by atoms with Crippen molar-refractivity contribution in [3.8, 4) is 0 Å². The van der Waals surface area contributed by atoms with Crippen LogP contribution < -0.4 is 5.32 Å². The smallest absolute Gasteiger partial charge is 0.435 e. The van der Waals surface area contributed by atoms with Crippen molar-refractivity contribution < 1.29 is 35.6 Å². The highest BCUT2D eigenvalue weighted by atomic mass is 35.5. The lowest BCUT2D eigenvalue weighted by atomic mass is 10.3. The van der Waals surface area contributed by atoms with Gasteiger partial charge >= 0.3 is 12.4 Å². The summed E-state index contributed by atoms with van der Waals surface area (Å²) >= 11 is 11.7. The van der Waals surface area contributed by atoms with E-state index in [0.717, 1.165) is 12.1 Å². The first-order valence-corrected chi connectivity index (χ1v) is 8.67. The number of carbonyl (C=O) groups is 1. The number of hydrogen-bond acceptors (Lipinski definition) is 3. The maximum Gasteiger partial charge on any atom is 0.435 e. The number of amides is 1. The summed E-state index contributed by atoms with van der Waals surface area (Å²) in [6.07, 6.45) is -10.1. The minimum absolute atomic E-state index is 0.0981. The number of aromatic nitrogens is 2. The fraction of sp³-hybridized carbons (Fsp3) is 0.176. The van der Waals surface area contributed by atoms with Gasteiger partial charge in [0.05, 0.1) is 17.3 Å². The predicted molar refractivity (Wildman–Crippen MR) is 94.5 cm³/mol. The Hall–Kier alpha value is -2.66. The Morgan fingerprint density at radius 3 is 2.33 bits per heavy atom. The zero-order valence-corrected chi connectivity index (χ0v) is 15.9. The third kappa shape index (κ3) is 4.90. The van der Waals surface area contributed by atoms with E-state index in [2.05, 4.69) is 10.4 Å². The summed E-state index contributed by atoms with van der Waals surface area (Å²) in [5.74, 6) is -1.30. The number of hydrogen-bond donors (Lipinski definition) is 1. The number of furan rings is 1. The van der Waals surface area contributed by atoms with Crippen LogP contribution in [0.5, 0.6) is 0 Å². The van der Waals surface area contributed by atoms with Gasteiger partial charge in [-0.3, -0.25) is 9.48 Å². The van der Waals surface area contributed by atoms with Crippen molar-refractivity contribution in [1.82, 2.24) is 9.78 Å². The first-order valence-electron chi connectivity index (χ1n) is 7.92. The number of anilines is 1. The predicted octanol–water partition coefficient (Wildman–Crippen LogP) is 6.12. The van der Waals surface area contributed by atoms with E-state index in [1.54, 1.807) is 0 Å². The average Bonchev–Trinajstić information content (AvgIpc) is 3.24. The van der Waals surface area contributed by atoms with Gasteiger partial charge in [0.25, 0.3) is 5.91 Å². The molecule has 2 aromatic heterocycles. The number of nitrogens with zero attached hydrogens (tertiary/aromatic N) is 2. The van der Waals surface area contributed by atoms with E-state index < -0.39 is 36.2 Å². The van der Waals surface area contributed by atoms with Crippen LogP contribution in [0.1, 0.15) is 27.7 Å². The van der Waals surface area contributed by atoms with Gasteiger partial charge in [0.15, 0.2) is 11.5 Å². The quantitative estimate of drug-likeness (QED) is 0.466. The SMILES string of the molecule is O=C(Nc1ccc(Cl)cc1Cl)c1ccc(Cn2nc(C(F)(F)F)cc2C(F)(F)F)o1. The molecule has 0 radical (unpaired) electrons. The largest absolute Gasteiger partial charge is 0.454 e. The molecule has 160 valence electrons. The van der Waals surface area contributed by atoms with Crippen molar-refractivity contribution in [3.63, 3.8) is 0 Å². The van der Waals surface area contributed by atoms with E-state index >= 15 is 0 Å². The van der Waals surface area contributed by atoms with Crippen LogP contribution in [0, 0.1) is 0 Å². The number of nitrogens with one attached hydrogen (secondary N) is 1. The number of alkyl halides is 6. The summed E-state index contributed by atoms with van der Waals surface area (Å²) in [5, 5.41) is 5.85. The lowest BCUT2D eigenvalue weighted by molar-refractivity contribution is -0.144. The second kappa shape index (κ2) is 7.88. The molecule has 0 saturated carbocycles. The highest BCUT2D eigenvalue weighted by Crippen LogP contribution is 2.35. The molecular weight excluding hydrogens is 463 g/mol. The highest BCUT2D eigenvalue weighted by Gasteiger charge is 2.42. The fourth-order valence-corrected chi connectivity index (χ4v) is 2.87. The lowest BCUT2D eigenvalue weighted by Gasteiger charge is -2.09. The van der Waals surface area contributed by atoms with E-state index in [9.17, 15) is 31.1 Å². The molecule has 0 spiro atoms. The number of halogens is 8. The molecule has 0 fully saturated rings. The standard InChI is InChI=1S/C17H9Cl2F6N3O2/c18-8-1-3-11(10(19)5-8)26-15(29)12-4-2-9(30-12)7-28-14(17(23,24)25)6-13(27-28)16(20,21)22/h1-6H,7H2,(H,26,29). The molecule has 0 aliphatic carbocycles. The molecule has 1 aromatic carbocycles. The molecule has 3 rings (SSSR count). The Balaban J connectivity index is 1.81. The maximum atomic E-state index is 13.0. The number of carbonyl (C=O) groups excluding carboxylic acids is 1. The molecule has 1 amide bonds. The molecule has 13 heteroatoms. The minimum Gasteiger partial charge on any atom is -0.454 e. The Morgan fingerprint density at radius 2 is 1.73 bits per heavy atom. The van der Waals surface area contributed by atoms with E-state index in [1.807, 2.05) is 0 Å². The molecule has 1 N–H and O–H groups in total. The maximum absolute atomic E-state index is 13.0.